The summed E-state index contributed by atoms with van der Waals surface area (Å²) < 4.78 is 0.631. The van der Waals surface area contributed by atoms with E-state index in [0.717, 1.165) is 0 Å². The summed E-state index contributed by atoms with van der Waals surface area (Å²) in [4.78, 5) is 14.0. The number of phenols is 1. The molecular weight excluding hydrogens is 272 g/mol. The van der Waals surface area contributed by atoms with Crippen molar-refractivity contribution in [1.82, 2.24) is 4.98 Å². The second kappa shape index (κ2) is 4.02. The highest BCUT2D eigenvalue weighted by Gasteiger charge is 2.09. The van der Waals surface area contributed by atoms with Crippen LogP contribution in [0.2, 0.25) is 0 Å². The molecule has 4 nitrogen and oxygen atoms in total. The van der Waals surface area contributed by atoms with Crippen molar-refractivity contribution in [1.29, 1.82) is 0 Å². The van der Waals surface area contributed by atoms with Crippen molar-refractivity contribution >= 4 is 21.6 Å². The minimum atomic E-state index is -0.374. The van der Waals surface area contributed by atoms with E-state index in [9.17, 15) is 9.90 Å². The van der Waals surface area contributed by atoms with E-state index in [-0.39, 0.29) is 17.0 Å². The molecule has 0 aliphatic carbocycles. The molecular formula is C11H9BrN2O2. The molecule has 0 bridgehead atoms. The van der Waals surface area contributed by atoms with E-state index in [1.54, 1.807) is 24.3 Å². The first-order valence-corrected chi connectivity index (χ1v) is 5.35. The normalized spacial score (nSPS) is 10.3. The van der Waals surface area contributed by atoms with Crippen LogP contribution in [-0.4, -0.2) is 10.1 Å². The first-order valence-electron chi connectivity index (χ1n) is 4.56. The summed E-state index contributed by atoms with van der Waals surface area (Å²) in [5.41, 5.74) is 6.29. The molecule has 0 amide bonds. The van der Waals surface area contributed by atoms with E-state index in [0.29, 0.717) is 15.7 Å². The zero-order valence-corrected chi connectivity index (χ0v) is 9.78. The number of aromatic nitrogens is 1. The Kier molecular flexibility index (Phi) is 2.70. The molecule has 0 unspecified atom stereocenters. The van der Waals surface area contributed by atoms with Gasteiger partial charge in [0.1, 0.15) is 5.75 Å². The summed E-state index contributed by atoms with van der Waals surface area (Å²) in [6, 6.07) is 8.26. The fourth-order valence-electron chi connectivity index (χ4n) is 1.40. The lowest BCUT2D eigenvalue weighted by Gasteiger charge is -2.07. The average molecular weight is 281 g/mol. The third-order valence-electron chi connectivity index (χ3n) is 2.20. The minimum Gasteiger partial charge on any atom is -0.507 e. The SMILES string of the molecule is Nc1cc(Br)c(-c2ccccc2O)[nH]c1=O. The van der Waals surface area contributed by atoms with Gasteiger partial charge >= 0.3 is 0 Å². The Bertz CT molecular complexity index is 593. The number of aromatic amines is 1. The average Bonchev–Trinajstić information content (AvgIpc) is 2.25. The van der Waals surface area contributed by atoms with Crippen LogP contribution in [0.25, 0.3) is 11.3 Å². The van der Waals surface area contributed by atoms with Crippen molar-refractivity contribution in [2.45, 2.75) is 0 Å². The van der Waals surface area contributed by atoms with Crippen molar-refractivity contribution in [2.75, 3.05) is 5.73 Å². The van der Waals surface area contributed by atoms with Crippen LogP contribution < -0.4 is 11.3 Å². The number of pyridine rings is 1. The molecule has 0 aliphatic heterocycles. The van der Waals surface area contributed by atoms with Gasteiger partial charge in [0.15, 0.2) is 0 Å². The fourth-order valence-corrected chi connectivity index (χ4v) is 1.96. The summed E-state index contributed by atoms with van der Waals surface area (Å²) in [6.45, 7) is 0. The second-order valence-electron chi connectivity index (χ2n) is 3.29. The molecule has 82 valence electrons. The monoisotopic (exact) mass is 280 g/mol. The van der Waals surface area contributed by atoms with Gasteiger partial charge in [-0.05, 0) is 34.1 Å². The van der Waals surface area contributed by atoms with E-state index in [1.807, 2.05) is 0 Å². The third kappa shape index (κ3) is 1.81. The highest BCUT2D eigenvalue weighted by Crippen LogP contribution is 2.32. The van der Waals surface area contributed by atoms with E-state index in [1.165, 1.54) is 6.07 Å². The first kappa shape index (κ1) is 10.8. The molecule has 5 heteroatoms. The lowest BCUT2D eigenvalue weighted by molar-refractivity contribution is 0.477. The van der Waals surface area contributed by atoms with Crippen LogP contribution in [0.5, 0.6) is 5.75 Å². The molecule has 0 saturated heterocycles. The summed E-state index contributed by atoms with van der Waals surface area (Å²) >= 11 is 3.29. The van der Waals surface area contributed by atoms with Gasteiger partial charge in [-0.15, -0.1) is 0 Å². The maximum atomic E-state index is 11.4. The zero-order valence-electron chi connectivity index (χ0n) is 8.20. The smallest absolute Gasteiger partial charge is 0.271 e. The molecule has 2 aromatic rings. The maximum Gasteiger partial charge on any atom is 0.271 e. The number of hydrogen-bond donors (Lipinski definition) is 3. The van der Waals surface area contributed by atoms with Gasteiger partial charge in [-0.25, -0.2) is 0 Å². The van der Waals surface area contributed by atoms with Gasteiger partial charge in [0.25, 0.3) is 5.56 Å². The van der Waals surface area contributed by atoms with Crippen LogP contribution in [0.3, 0.4) is 0 Å². The molecule has 0 saturated carbocycles. The van der Waals surface area contributed by atoms with Crippen LogP contribution in [0.4, 0.5) is 5.69 Å². The number of halogens is 1. The third-order valence-corrected chi connectivity index (χ3v) is 2.82. The Morgan fingerprint density at radius 1 is 1.31 bits per heavy atom. The predicted molar refractivity (Wildman–Crippen MR) is 66.3 cm³/mol. The molecule has 0 spiro atoms. The van der Waals surface area contributed by atoms with Crippen molar-refractivity contribution < 1.29 is 5.11 Å². The van der Waals surface area contributed by atoms with Gasteiger partial charge < -0.3 is 15.8 Å². The Labute approximate surface area is 99.9 Å². The summed E-state index contributed by atoms with van der Waals surface area (Å²) in [7, 11) is 0. The summed E-state index contributed by atoms with van der Waals surface area (Å²) in [5.74, 6) is 0.101. The van der Waals surface area contributed by atoms with E-state index >= 15 is 0 Å². The van der Waals surface area contributed by atoms with Gasteiger partial charge in [-0.3, -0.25) is 4.79 Å². The van der Waals surface area contributed by atoms with Crippen LogP contribution in [-0.2, 0) is 0 Å². The largest absolute Gasteiger partial charge is 0.507 e. The number of phenolic OH excluding ortho intramolecular Hbond substituents is 1. The number of nitrogens with one attached hydrogen (secondary N) is 1. The van der Waals surface area contributed by atoms with E-state index in [4.69, 9.17) is 5.73 Å². The number of hydrogen-bond acceptors (Lipinski definition) is 3. The zero-order chi connectivity index (χ0) is 11.7. The number of anilines is 1. The fraction of sp³-hybridized carbons (Fsp3) is 0. The number of nitrogens with two attached hydrogens (primary N) is 1. The number of H-pyrrole nitrogens is 1. The quantitative estimate of drug-likeness (QED) is 0.748. The van der Waals surface area contributed by atoms with Crippen LogP contribution >= 0.6 is 15.9 Å². The first-order chi connectivity index (χ1) is 7.59. The second-order valence-corrected chi connectivity index (χ2v) is 4.15. The summed E-state index contributed by atoms with van der Waals surface area (Å²) in [5, 5.41) is 9.67. The van der Waals surface area contributed by atoms with E-state index < -0.39 is 0 Å². The molecule has 16 heavy (non-hydrogen) atoms. The standard InChI is InChI=1S/C11H9BrN2O2/c12-7-5-8(13)11(16)14-10(7)6-3-1-2-4-9(6)15/h1-5,15H,13H2,(H,14,16). The van der Waals surface area contributed by atoms with Crippen LogP contribution in [0, 0.1) is 0 Å². The number of aromatic hydroxyl groups is 1. The van der Waals surface area contributed by atoms with Gasteiger partial charge in [0.2, 0.25) is 0 Å². The highest BCUT2D eigenvalue weighted by molar-refractivity contribution is 9.10. The molecule has 2 rings (SSSR count). The molecule has 4 N–H and O–H groups in total. The number of rotatable bonds is 1. The molecule has 1 aromatic carbocycles. The molecule has 0 aliphatic rings. The van der Waals surface area contributed by atoms with E-state index in [2.05, 4.69) is 20.9 Å². The molecule has 0 fully saturated rings. The topological polar surface area (TPSA) is 79.1 Å². The Morgan fingerprint density at radius 2 is 2.00 bits per heavy atom. The van der Waals surface area contributed by atoms with Gasteiger partial charge in [0.05, 0.1) is 11.4 Å². The molecule has 0 atom stereocenters. The van der Waals surface area contributed by atoms with Gasteiger partial charge in [-0.2, -0.15) is 0 Å². The van der Waals surface area contributed by atoms with Gasteiger partial charge in [0, 0.05) is 10.0 Å². The Balaban J connectivity index is 2.70. The summed E-state index contributed by atoms with van der Waals surface area (Å²) in [6.07, 6.45) is 0. The molecule has 1 heterocycles. The number of nitrogen functional groups attached to an aromatic ring is 1. The van der Waals surface area contributed by atoms with Crippen LogP contribution in [0.15, 0.2) is 39.6 Å². The van der Waals surface area contributed by atoms with Crippen molar-refractivity contribution in [2.24, 2.45) is 0 Å². The minimum absolute atomic E-state index is 0.101. The highest BCUT2D eigenvalue weighted by atomic mass is 79.9. The molecule has 1 aromatic heterocycles. The van der Waals surface area contributed by atoms with Crippen molar-refractivity contribution in [3.63, 3.8) is 0 Å². The van der Waals surface area contributed by atoms with Crippen molar-refractivity contribution in [3.05, 3.63) is 45.2 Å². The number of benzene rings is 1. The van der Waals surface area contributed by atoms with Crippen molar-refractivity contribution in [3.8, 4) is 17.0 Å². The number of para-hydroxylation sites is 1. The maximum absolute atomic E-state index is 11.4. The molecule has 0 radical (unpaired) electrons. The lowest BCUT2D eigenvalue weighted by Crippen LogP contribution is -2.12. The predicted octanol–water partition coefficient (Wildman–Crippen LogP) is 2.09. The Morgan fingerprint density at radius 3 is 2.69 bits per heavy atom. The van der Waals surface area contributed by atoms with Gasteiger partial charge in [-0.1, -0.05) is 12.1 Å². The van der Waals surface area contributed by atoms with Crippen LogP contribution in [0.1, 0.15) is 0 Å². The lowest BCUT2D eigenvalue weighted by atomic mass is 10.1. The Hall–Kier alpha value is -1.75.